The Morgan fingerprint density at radius 2 is 2.09 bits per heavy atom. The van der Waals surface area contributed by atoms with Gasteiger partial charge in [-0.25, -0.2) is 5.10 Å². The standard InChI is InChI=1S/C17H20N4O2/c1-2-18-17(23)15-11(6-5-9-19-15)10-14-12-7-3-4-8-13(12)16(22)21-20-14/h5-6,9H,2-4,7-8,10H2,1H3,(H,18,23)(H,21,22). The fourth-order valence-corrected chi connectivity index (χ4v) is 3.08. The summed E-state index contributed by atoms with van der Waals surface area (Å²) in [6.07, 6.45) is 5.90. The molecule has 0 aliphatic heterocycles. The van der Waals surface area contributed by atoms with Crippen molar-refractivity contribution >= 4 is 5.91 Å². The third-order valence-electron chi connectivity index (χ3n) is 4.18. The molecule has 23 heavy (non-hydrogen) atoms. The number of nitrogens with zero attached hydrogens (tertiary/aromatic N) is 2. The first-order valence-electron chi connectivity index (χ1n) is 8.02. The average molecular weight is 312 g/mol. The van der Waals surface area contributed by atoms with Gasteiger partial charge in [-0.1, -0.05) is 6.07 Å². The highest BCUT2D eigenvalue weighted by Crippen LogP contribution is 2.22. The molecule has 1 amide bonds. The van der Waals surface area contributed by atoms with Crippen LogP contribution in [0.1, 0.15) is 52.6 Å². The van der Waals surface area contributed by atoms with E-state index in [-0.39, 0.29) is 11.5 Å². The fraction of sp³-hybridized carbons (Fsp3) is 0.412. The van der Waals surface area contributed by atoms with Crippen LogP contribution < -0.4 is 10.9 Å². The zero-order valence-electron chi connectivity index (χ0n) is 13.2. The lowest BCUT2D eigenvalue weighted by Gasteiger charge is -2.17. The summed E-state index contributed by atoms with van der Waals surface area (Å²) in [5.74, 6) is -0.179. The second kappa shape index (κ2) is 6.73. The molecule has 0 unspecified atom stereocenters. The molecule has 0 aromatic carbocycles. The maximum atomic E-state index is 12.1. The Hall–Kier alpha value is -2.50. The molecule has 120 valence electrons. The lowest BCUT2D eigenvalue weighted by molar-refractivity contribution is 0.0950. The summed E-state index contributed by atoms with van der Waals surface area (Å²) in [4.78, 5) is 28.3. The number of amides is 1. The number of H-pyrrole nitrogens is 1. The van der Waals surface area contributed by atoms with Gasteiger partial charge in [0.15, 0.2) is 0 Å². The first kappa shape index (κ1) is 15.4. The first-order chi connectivity index (χ1) is 11.2. The van der Waals surface area contributed by atoms with Crippen molar-refractivity contribution in [2.75, 3.05) is 6.54 Å². The number of carbonyl (C=O) groups excluding carboxylic acids is 1. The Balaban J connectivity index is 1.97. The second-order valence-electron chi connectivity index (χ2n) is 5.71. The minimum absolute atomic E-state index is 0.0846. The fourth-order valence-electron chi connectivity index (χ4n) is 3.08. The first-order valence-corrected chi connectivity index (χ1v) is 8.02. The van der Waals surface area contributed by atoms with Gasteiger partial charge in [-0.05, 0) is 49.8 Å². The quantitative estimate of drug-likeness (QED) is 0.893. The van der Waals surface area contributed by atoms with E-state index < -0.39 is 0 Å². The SMILES string of the molecule is CCNC(=O)c1ncccc1Cc1n[nH]c(=O)c2c1CCCC2. The molecular formula is C17H20N4O2. The molecule has 0 saturated heterocycles. The number of rotatable bonds is 4. The normalized spacial score (nSPS) is 13.4. The maximum Gasteiger partial charge on any atom is 0.270 e. The third-order valence-corrected chi connectivity index (χ3v) is 4.18. The van der Waals surface area contributed by atoms with Gasteiger partial charge in [0.1, 0.15) is 5.69 Å². The molecule has 2 heterocycles. The molecule has 1 aliphatic rings. The van der Waals surface area contributed by atoms with Gasteiger partial charge in [0, 0.05) is 24.7 Å². The van der Waals surface area contributed by atoms with E-state index in [0.717, 1.165) is 48.1 Å². The van der Waals surface area contributed by atoms with Crippen molar-refractivity contribution in [3.8, 4) is 0 Å². The van der Waals surface area contributed by atoms with Crippen molar-refractivity contribution in [1.82, 2.24) is 20.5 Å². The highest BCUT2D eigenvalue weighted by atomic mass is 16.2. The summed E-state index contributed by atoms with van der Waals surface area (Å²) in [5.41, 5.74) is 3.91. The highest BCUT2D eigenvalue weighted by Gasteiger charge is 2.20. The second-order valence-corrected chi connectivity index (χ2v) is 5.71. The van der Waals surface area contributed by atoms with E-state index in [1.54, 1.807) is 6.20 Å². The zero-order valence-corrected chi connectivity index (χ0v) is 13.2. The van der Waals surface area contributed by atoms with Gasteiger partial charge in [0.05, 0.1) is 5.69 Å². The summed E-state index contributed by atoms with van der Waals surface area (Å²) in [6, 6.07) is 3.70. The van der Waals surface area contributed by atoms with Crippen LogP contribution in [0, 0.1) is 0 Å². The number of aromatic amines is 1. The van der Waals surface area contributed by atoms with Crippen molar-refractivity contribution in [2.45, 2.75) is 39.0 Å². The van der Waals surface area contributed by atoms with Crippen molar-refractivity contribution in [3.05, 3.63) is 56.8 Å². The van der Waals surface area contributed by atoms with E-state index in [2.05, 4.69) is 20.5 Å². The summed E-state index contributed by atoms with van der Waals surface area (Å²) in [6.45, 7) is 2.43. The Bertz CT molecular complexity index is 782. The minimum Gasteiger partial charge on any atom is -0.351 e. The average Bonchev–Trinajstić information content (AvgIpc) is 2.58. The van der Waals surface area contributed by atoms with Gasteiger partial charge in [-0.15, -0.1) is 0 Å². The van der Waals surface area contributed by atoms with E-state index in [9.17, 15) is 9.59 Å². The van der Waals surface area contributed by atoms with Crippen molar-refractivity contribution in [3.63, 3.8) is 0 Å². The Kier molecular flexibility index (Phi) is 4.50. The van der Waals surface area contributed by atoms with Gasteiger partial charge in [-0.2, -0.15) is 5.10 Å². The zero-order chi connectivity index (χ0) is 16.2. The number of pyridine rings is 1. The molecule has 2 aromatic rings. The van der Waals surface area contributed by atoms with Crippen molar-refractivity contribution in [2.24, 2.45) is 0 Å². The molecule has 2 aromatic heterocycles. The molecule has 1 aliphatic carbocycles. The Morgan fingerprint density at radius 3 is 2.87 bits per heavy atom. The molecule has 6 nitrogen and oxygen atoms in total. The summed E-state index contributed by atoms with van der Waals surface area (Å²) >= 11 is 0. The molecule has 6 heteroatoms. The lowest BCUT2D eigenvalue weighted by Crippen LogP contribution is -2.26. The van der Waals surface area contributed by atoms with E-state index in [1.165, 1.54) is 0 Å². The number of fused-ring (bicyclic) bond motifs is 1. The van der Waals surface area contributed by atoms with Crippen LogP contribution in [0.25, 0.3) is 0 Å². The summed E-state index contributed by atoms with van der Waals surface area (Å²) in [7, 11) is 0. The van der Waals surface area contributed by atoms with Crippen molar-refractivity contribution < 1.29 is 4.79 Å². The maximum absolute atomic E-state index is 12.1. The largest absolute Gasteiger partial charge is 0.351 e. The van der Waals surface area contributed by atoms with Gasteiger partial charge in [0.25, 0.3) is 11.5 Å². The van der Waals surface area contributed by atoms with Crippen LogP contribution in [0.3, 0.4) is 0 Å². The molecule has 0 fully saturated rings. The molecule has 0 bridgehead atoms. The number of carbonyl (C=O) groups is 1. The topological polar surface area (TPSA) is 87.7 Å². The smallest absolute Gasteiger partial charge is 0.270 e. The van der Waals surface area contributed by atoms with Crippen LogP contribution in [0.4, 0.5) is 0 Å². The van der Waals surface area contributed by atoms with Crippen LogP contribution in [0.2, 0.25) is 0 Å². The monoisotopic (exact) mass is 312 g/mol. The predicted molar refractivity (Wildman–Crippen MR) is 86.5 cm³/mol. The van der Waals surface area contributed by atoms with Crippen LogP contribution in [0.15, 0.2) is 23.1 Å². The number of aromatic nitrogens is 3. The number of nitrogens with one attached hydrogen (secondary N) is 2. The number of hydrogen-bond donors (Lipinski definition) is 2. The van der Waals surface area contributed by atoms with Gasteiger partial charge >= 0.3 is 0 Å². The predicted octanol–water partition coefficient (Wildman–Crippen LogP) is 1.38. The Morgan fingerprint density at radius 1 is 1.30 bits per heavy atom. The number of hydrogen-bond acceptors (Lipinski definition) is 4. The summed E-state index contributed by atoms with van der Waals surface area (Å²) < 4.78 is 0. The van der Waals surface area contributed by atoms with E-state index in [4.69, 9.17) is 0 Å². The summed E-state index contributed by atoms with van der Waals surface area (Å²) in [5, 5.41) is 9.61. The molecular weight excluding hydrogens is 292 g/mol. The molecule has 3 rings (SSSR count). The third kappa shape index (κ3) is 3.16. The molecule has 0 atom stereocenters. The van der Waals surface area contributed by atoms with Gasteiger partial charge in [-0.3, -0.25) is 14.6 Å². The van der Waals surface area contributed by atoms with E-state index in [0.29, 0.717) is 18.7 Å². The highest BCUT2D eigenvalue weighted by molar-refractivity contribution is 5.93. The molecule has 2 N–H and O–H groups in total. The molecule has 0 radical (unpaired) electrons. The Labute approximate surface area is 134 Å². The minimum atomic E-state index is -0.179. The molecule has 0 saturated carbocycles. The van der Waals surface area contributed by atoms with Gasteiger partial charge in [0.2, 0.25) is 0 Å². The van der Waals surface area contributed by atoms with Crippen LogP contribution in [-0.2, 0) is 19.3 Å². The van der Waals surface area contributed by atoms with Crippen LogP contribution in [0.5, 0.6) is 0 Å². The van der Waals surface area contributed by atoms with Crippen molar-refractivity contribution in [1.29, 1.82) is 0 Å². The van der Waals surface area contributed by atoms with E-state index >= 15 is 0 Å². The van der Waals surface area contributed by atoms with E-state index in [1.807, 2.05) is 19.1 Å². The molecule has 0 spiro atoms. The van der Waals surface area contributed by atoms with Gasteiger partial charge < -0.3 is 5.32 Å². The lowest BCUT2D eigenvalue weighted by atomic mass is 9.90. The van der Waals surface area contributed by atoms with Crippen LogP contribution in [-0.4, -0.2) is 27.6 Å². The van der Waals surface area contributed by atoms with Crippen LogP contribution >= 0.6 is 0 Å².